The van der Waals surface area contributed by atoms with Gasteiger partial charge in [0.2, 0.25) is 0 Å². The Kier molecular flexibility index (Phi) is 18.7. The molecule has 0 saturated heterocycles. The average Bonchev–Trinajstić information content (AvgIpc) is 1.89. The molecule has 0 aromatic heterocycles. The van der Waals surface area contributed by atoms with Crippen molar-refractivity contribution in [3.05, 3.63) is 0 Å². The van der Waals surface area contributed by atoms with Crippen molar-refractivity contribution in [2.45, 2.75) is 13.8 Å². The Hall–Kier alpha value is -0.517. The number of carbonyl (C=O) groups is 2. The van der Waals surface area contributed by atoms with Crippen LogP contribution in [-0.4, -0.2) is 22.5 Å². The molecule has 0 spiro atoms. The van der Waals surface area contributed by atoms with Crippen LogP contribution >= 0.6 is 0 Å². The van der Waals surface area contributed by atoms with Crippen LogP contribution < -0.4 is 0 Å². The van der Waals surface area contributed by atoms with Gasteiger partial charge in [-0.15, -0.1) is 0 Å². The normalized spacial score (nSPS) is 6.18. The fourth-order valence-corrected chi connectivity index (χ4v) is 0. The summed E-state index contributed by atoms with van der Waals surface area (Å²) < 4.78 is 0. The molecule has 62 valence electrons. The van der Waals surface area contributed by atoms with Crippen LogP contribution in [0, 0.1) is 0 Å². The van der Waals surface area contributed by atoms with Crippen LogP contribution in [0.5, 0.6) is 0 Å². The molecule has 0 heterocycles. The van der Waals surface area contributed by atoms with Crippen LogP contribution in [0.4, 0.5) is 0 Å². The summed E-state index contributed by atoms with van der Waals surface area (Å²) >= 11 is 0. The summed E-state index contributed by atoms with van der Waals surface area (Å²) in [4.78, 5) is 24.9. The van der Waals surface area contributed by atoms with Gasteiger partial charge in [0.25, 0.3) is 0 Å². The van der Waals surface area contributed by atoms with E-state index >= 15 is 0 Å². The quantitative estimate of drug-likeness (QED) is 0.338. The van der Waals surface area contributed by atoms with Gasteiger partial charge < -0.3 is 9.78 Å². The SMILES string of the molecule is CC(=O)OO.CC(=O)OO.[Zn]. The Labute approximate surface area is 75.7 Å². The first-order chi connectivity index (χ1) is 4.54. The molecule has 0 rings (SSSR count). The molecule has 0 radical (unpaired) electrons. The molecule has 0 amide bonds. The fourth-order valence-electron chi connectivity index (χ4n) is 0. The molecule has 7 heteroatoms. The molecule has 0 unspecified atom stereocenters. The fraction of sp³-hybridized carbons (Fsp3) is 0.500. The summed E-state index contributed by atoms with van der Waals surface area (Å²) in [5, 5.41) is 14.6. The molecule has 0 aliphatic heterocycles. The monoisotopic (exact) mass is 216 g/mol. The van der Waals surface area contributed by atoms with Gasteiger partial charge in [-0.2, -0.15) is 10.5 Å². The van der Waals surface area contributed by atoms with Crippen molar-refractivity contribution in [1.82, 2.24) is 0 Å². The molecule has 0 aliphatic carbocycles. The first-order valence-electron chi connectivity index (χ1n) is 2.18. The van der Waals surface area contributed by atoms with Gasteiger partial charge in [0.1, 0.15) is 0 Å². The zero-order valence-corrected chi connectivity index (χ0v) is 9.20. The maximum absolute atomic E-state index is 9.34. The van der Waals surface area contributed by atoms with Crippen LogP contribution in [-0.2, 0) is 38.8 Å². The van der Waals surface area contributed by atoms with E-state index in [0.717, 1.165) is 13.8 Å². The van der Waals surface area contributed by atoms with E-state index in [-0.39, 0.29) is 19.5 Å². The largest absolute Gasteiger partial charge is 0.339 e. The standard InChI is InChI=1S/2C2H4O3.Zn/c2*1-2(3)5-4;/h2*4H,1H3;. The van der Waals surface area contributed by atoms with Crippen LogP contribution in [0.15, 0.2) is 0 Å². The molecule has 0 saturated carbocycles. The molecular formula is C4H8O6Zn. The Morgan fingerprint density at radius 3 is 1.09 bits per heavy atom. The van der Waals surface area contributed by atoms with Crippen molar-refractivity contribution in [2.75, 3.05) is 0 Å². The van der Waals surface area contributed by atoms with Gasteiger partial charge in [-0.05, 0) is 0 Å². The number of hydrogen-bond donors (Lipinski definition) is 2. The minimum Gasteiger partial charge on any atom is -0.301 e. The third-order valence-corrected chi connectivity index (χ3v) is 0.257. The molecule has 6 nitrogen and oxygen atoms in total. The third kappa shape index (κ3) is 43.8. The minimum absolute atomic E-state index is 0. The van der Waals surface area contributed by atoms with Crippen molar-refractivity contribution < 1.29 is 49.4 Å². The van der Waals surface area contributed by atoms with Gasteiger partial charge in [-0.25, -0.2) is 9.59 Å². The Morgan fingerprint density at radius 1 is 1.00 bits per heavy atom. The predicted molar refractivity (Wildman–Crippen MR) is 28.8 cm³/mol. The maximum Gasteiger partial charge on any atom is 0.339 e. The summed E-state index contributed by atoms with van der Waals surface area (Å²) in [5.74, 6) is -1.38. The number of carbonyl (C=O) groups excluding carboxylic acids is 2. The van der Waals surface area contributed by atoms with Crippen molar-refractivity contribution in [1.29, 1.82) is 0 Å². The second kappa shape index (κ2) is 12.2. The second-order valence-electron chi connectivity index (χ2n) is 1.17. The molecular weight excluding hydrogens is 209 g/mol. The molecule has 0 aromatic carbocycles. The summed E-state index contributed by atoms with van der Waals surface area (Å²) in [5.41, 5.74) is 0. The van der Waals surface area contributed by atoms with Gasteiger partial charge in [0.05, 0.1) is 0 Å². The van der Waals surface area contributed by atoms with Crippen molar-refractivity contribution in [3.8, 4) is 0 Å². The zero-order chi connectivity index (χ0) is 8.57. The molecule has 11 heavy (non-hydrogen) atoms. The smallest absolute Gasteiger partial charge is 0.301 e. The number of hydrogen-bond acceptors (Lipinski definition) is 6. The molecule has 0 fully saturated rings. The van der Waals surface area contributed by atoms with Crippen LogP contribution in [0.2, 0.25) is 0 Å². The maximum atomic E-state index is 9.34. The van der Waals surface area contributed by atoms with Gasteiger partial charge >= 0.3 is 11.9 Å². The van der Waals surface area contributed by atoms with Crippen molar-refractivity contribution >= 4 is 11.9 Å². The summed E-state index contributed by atoms with van der Waals surface area (Å²) in [6.45, 7) is 2.22. The molecule has 0 atom stereocenters. The molecule has 0 bridgehead atoms. The van der Waals surface area contributed by atoms with Gasteiger partial charge in [-0.1, -0.05) is 0 Å². The van der Waals surface area contributed by atoms with E-state index < -0.39 is 11.9 Å². The van der Waals surface area contributed by atoms with E-state index in [1.54, 1.807) is 0 Å². The summed E-state index contributed by atoms with van der Waals surface area (Å²) in [7, 11) is 0. The first-order valence-corrected chi connectivity index (χ1v) is 2.18. The van der Waals surface area contributed by atoms with E-state index in [9.17, 15) is 9.59 Å². The van der Waals surface area contributed by atoms with Gasteiger partial charge in [-0.3, -0.25) is 0 Å². The first kappa shape index (κ1) is 16.8. The summed E-state index contributed by atoms with van der Waals surface area (Å²) in [6, 6.07) is 0. The summed E-state index contributed by atoms with van der Waals surface area (Å²) in [6.07, 6.45) is 0. The van der Waals surface area contributed by atoms with E-state index in [4.69, 9.17) is 10.5 Å². The minimum atomic E-state index is -0.690. The topological polar surface area (TPSA) is 93.1 Å². The van der Waals surface area contributed by atoms with Crippen molar-refractivity contribution in [3.63, 3.8) is 0 Å². The average molecular weight is 217 g/mol. The van der Waals surface area contributed by atoms with Crippen LogP contribution in [0.1, 0.15) is 13.8 Å². The number of rotatable bonds is 0. The van der Waals surface area contributed by atoms with Crippen molar-refractivity contribution in [2.24, 2.45) is 0 Å². The second-order valence-corrected chi connectivity index (χ2v) is 1.17. The predicted octanol–water partition coefficient (Wildman–Crippen LogP) is 0.0425. The Balaban J connectivity index is -0.000000107. The Morgan fingerprint density at radius 2 is 1.09 bits per heavy atom. The van der Waals surface area contributed by atoms with E-state index in [2.05, 4.69) is 9.78 Å². The van der Waals surface area contributed by atoms with Crippen LogP contribution in [0.25, 0.3) is 0 Å². The molecule has 0 aliphatic rings. The van der Waals surface area contributed by atoms with Gasteiger partial charge in [0, 0.05) is 33.3 Å². The third-order valence-electron chi connectivity index (χ3n) is 0.257. The van der Waals surface area contributed by atoms with E-state index in [1.807, 2.05) is 0 Å². The van der Waals surface area contributed by atoms with Gasteiger partial charge in [0.15, 0.2) is 0 Å². The zero-order valence-electron chi connectivity index (χ0n) is 6.23. The van der Waals surface area contributed by atoms with Crippen LogP contribution in [0.3, 0.4) is 0 Å². The van der Waals surface area contributed by atoms with E-state index in [0.29, 0.717) is 0 Å². The van der Waals surface area contributed by atoms with E-state index in [1.165, 1.54) is 0 Å². The molecule has 2 N–H and O–H groups in total. The molecule has 0 aromatic rings. The Bertz CT molecular complexity index is 99.1.